The average molecular weight is 226 g/mol. The second kappa shape index (κ2) is 4.04. The van der Waals surface area contributed by atoms with E-state index in [4.69, 9.17) is 17.3 Å². The lowest BCUT2D eigenvalue weighted by atomic mass is 10.5. The summed E-state index contributed by atoms with van der Waals surface area (Å²) in [6.07, 6.45) is 5.24. The van der Waals surface area contributed by atoms with E-state index in [1.165, 1.54) is 0 Å². The summed E-state index contributed by atoms with van der Waals surface area (Å²) in [5.74, 6) is 1.72. The normalized spacial score (nSPS) is 10.9. The van der Waals surface area contributed by atoms with Crippen molar-refractivity contribution >= 4 is 11.6 Å². The van der Waals surface area contributed by atoms with Crippen molar-refractivity contribution < 1.29 is 0 Å². The van der Waals surface area contributed by atoms with Gasteiger partial charge in [0.15, 0.2) is 0 Å². The van der Waals surface area contributed by atoms with Crippen molar-refractivity contribution in [2.45, 2.75) is 13.1 Å². The zero-order valence-electron chi connectivity index (χ0n) is 8.39. The molecular weight excluding hydrogens is 214 g/mol. The standard InChI is InChI=1S/C9H12ClN5/c1-14-7(10)5-13-9(14)6-15-3-2-12-8(15)4-11/h2-3,5H,4,6,11H2,1H3. The van der Waals surface area contributed by atoms with E-state index in [1.807, 2.05) is 22.4 Å². The molecule has 0 aliphatic carbocycles. The Hall–Kier alpha value is -1.33. The lowest BCUT2D eigenvalue weighted by Crippen LogP contribution is -2.11. The van der Waals surface area contributed by atoms with Crippen LogP contribution in [0.2, 0.25) is 5.15 Å². The second-order valence-electron chi connectivity index (χ2n) is 3.23. The summed E-state index contributed by atoms with van der Waals surface area (Å²) in [5.41, 5.74) is 5.56. The van der Waals surface area contributed by atoms with Gasteiger partial charge in [-0.3, -0.25) is 0 Å². The molecular formula is C9H12ClN5. The maximum absolute atomic E-state index is 5.89. The first-order chi connectivity index (χ1) is 7.22. The number of imidazole rings is 2. The molecule has 0 atom stereocenters. The molecule has 0 unspecified atom stereocenters. The number of hydrogen-bond donors (Lipinski definition) is 1. The quantitative estimate of drug-likeness (QED) is 0.840. The van der Waals surface area contributed by atoms with Crippen LogP contribution in [0.15, 0.2) is 18.6 Å². The molecule has 5 nitrogen and oxygen atoms in total. The van der Waals surface area contributed by atoms with Crippen LogP contribution in [0.3, 0.4) is 0 Å². The van der Waals surface area contributed by atoms with Crippen LogP contribution in [0.1, 0.15) is 11.6 Å². The predicted molar refractivity (Wildman–Crippen MR) is 57.4 cm³/mol. The van der Waals surface area contributed by atoms with Gasteiger partial charge in [-0.05, 0) is 0 Å². The van der Waals surface area contributed by atoms with Gasteiger partial charge in [-0.15, -0.1) is 0 Å². The lowest BCUT2D eigenvalue weighted by Gasteiger charge is -2.06. The summed E-state index contributed by atoms with van der Waals surface area (Å²) in [5, 5.41) is 0.624. The SMILES string of the molecule is Cn1c(Cl)cnc1Cn1ccnc1CN. The fourth-order valence-corrected chi connectivity index (χ4v) is 1.54. The molecule has 2 N–H and O–H groups in total. The molecule has 0 saturated heterocycles. The van der Waals surface area contributed by atoms with Gasteiger partial charge in [0.25, 0.3) is 0 Å². The molecule has 2 heterocycles. The van der Waals surface area contributed by atoms with Crippen molar-refractivity contribution in [3.63, 3.8) is 0 Å². The highest BCUT2D eigenvalue weighted by Gasteiger charge is 2.07. The third-order valence-electron chi connectivity index (χ3n) is 2.32. The highest BCUT2D eigenvalue weighted by atomic mass is 35.5. The highest BCUT2D eigenvalue weighted by molar-refractivity contribution is 6.29. The third kappa shape index (κ3) is 1.88. The van der Waals surface area contributed by atoms with E-state index in [9.17, 15) is 0 Å². The van der Waals surface area contributed by atoms with Gasteiger partial charge in [0.1, 0.15) is 16.8 Å². The van der Waals surface area contributed by atoms with Gasteiger partial charge >= 0.3 is 0 Å². The summed E-state index contributed by atoms with van der Waals surface area (Å²) in [6.45, 7) is 1.06. The molecule has 80 valence electrons. The van der Waals surface area contributed by atoms with Crippen LogP contribution in [0.25, 0.3) is 0 Å². The van der Waals surface area contributed by atoms with Crippen LogP contribution in [0.5, 0.6) is 0 Å². The minimum absolute atomic E-state index is 0.422. The number of aromatic nitrogens is 4. The van der Waals surface area contributed by atoms with Crippen molar-refractivity contribution in [1.82, 2.24) is 19.1 Å². The number of halogens is 1. The molecule has 0 aliphatic rings. The smallest absolute Gasteiger partial charge is 0.129 e. The van der Waals surface area contributed by atoms with Gasteiger partial charge in [-0.1, -0.05) is 11.6 Å². The minimum Gasteiger partial charge on any atom is -0.326 e. The highest BCUT2D eigenvalue weighted by Crippen LogP contribution is 2.10. The van der Waals surface area contributed by atoms with E-state index < -0.39 is 0 Å². The Morgan fingerprint density at radius 2 is 2.20 bits per heavy atom. The van der Waals surface area contributed by atoms with E-state index in [-0.39, 0.29) is 0 Å². The molecule has 0 bridgehead atoms. The second-order valence-corrected chi connectivity index (χ2v) is 3.62. The van der Waals surface area contributed by atoms with Crippen molar-refractivity contribution in [1.29, 1.82) is 0 Å². The summed E-state index contributed by atoms with van der Waals surface area (Å²) in [4.78, 5) is 8.34. The third-order valence-corrected chi connectivity index (χ3v) is 2.67. The maximum Gasteiger partial charge on any atom is 0.129 e. The molecule has 0 amide bonds. The molecule has 0 spiro atoms. The van der Waals surface area contributed by atoms with Crippen LogP contribution in [-0.4, -0.2) is 19.1 Å². The molecule has 2 rings (SSSR count). The Balaban J connectivity index is 2.25. The monoisotopic (exact) mass is 225 g/mol. The van der Waals surface area contributed by atoms with E-state index >= 15 is 0 Å². The Morgan fingerprint density at radius 3 is 2.80 bits per heavy atom. The van der Waals surface area contributed by atoms with Gasteiger partial charge in [-0.2, -0.15) is 0 Å². The van der Waals surface area contributed by atoms with Gasteiger partial charge in [-0.25, -0.2) is 9.97 Å². The van der Waals surface area contributed by atoms with Gasteiger partial charge in [0.2, 0.25) is 0 Å². The zero-order valence-corrected chi connectivity index (χ0v) is 9.15. The number of hydrogen-bond acceptors (Lipinski definition) is 3. The Bertz CT molecular complexity index is 459. The first-order valence-corrected chi connectivity index (χ1v) is 4.96. The number of rotatable bonds is 3. The largest absolute Gasteiger partial charge is 0.326 e. The van der Waals surface area contributed by atoms with Crippen LogP contribution >= 0.6 is 11.6 Å². The minimum atomic E-state index is 0.422. The Labute approximate surface area is 92.5 Å². The first kappa shape index (κ1) is 10.2. The molecule has 6 heteroatoms. The zero-order chi connectivity index (χ0) is 10.8. The summed E-state index contributed by atoms with van der Waals surface area (Å²) >= 11 is 5.89. The van der Waals surface area contributed by atoms with Crippen LogP contribution in [-0.2, 0) is 20.1 Å². The van der Waals surface area contributed by atoms with Crippen molar-refractivity contribution in [3.05, 3.63) is 35.4 Å². The topological polar surface area (TPSA) is 61.7 Å². The molecule has 15 heavy (non-hydrogen) atoms. The fourth-order valence-electron chi connectivity index (χ4n) is 1.40. The van der Waals surface area contributed by atoms with Crippen LogP contribution in [0, 0.1) is 0 Å². The van der Waals surface area contributed by atoms with Gasteiger partial charge in [0.05, 0.1) is 19.3 Å². The van der Waals surface area contributed by atoms with Crippen molar-refractivity contribution in [2.24, 2.45) is 12.8 Å². The summed E-state index contributed by atoms with van der Waals surface area (Å²) < 4.78 is 3.79. The molecule has 0 aliphatic heterocycles. The van der Waals surface area contributed by atoms with Crippen LogP contribution < -0.4 is 5.73 Å². The number of nitrogens with zero attached hydrogens (tertiary/aromatic N) is 4. The molecule has 2 aromatic rings. The fraction of sp³-hybridized carbons (Fsp3) is 0.333. The molecule has 0 aromatic carbocycles. The maximum atomic E-state index is 5.89. The van der Waals surface area contributed by atoms with E-state index in [1.54, 1.807) is 12.4 Å². The van der Waals surface area contributed by atoms with E-state index in [0.29, 0.717) is 18.2 Å². The summed E-state index contributed by atoms with van der Waals surface area (Å²) in [7, 11) is 1.88. The Kier molecular flexibility index (Phi) is 2.75. The lowest BCUT2D eigenvalue weighted by molar-refractivity contribution is 0.663. The van der Waals surface area contributed by atoms with Crippen molar-refractivity contribution in [3.8, 4) is 0 Å². The van der Waals surface area contributed by atoms with Crippen LogP contribution in [0.4, 0.5) is 0 Å². The Morgan fingerprint density at radius 1 is 1.40 bits per heavy atom. The van der Waals surface area contributed by atoms with Gasteiger partial charge in [0, 0.05) is 19.4 Å². The predicted octanol–water partition coefficient (Wildman–Crippen LogP) is 0.777. The molecule has 0 fully saturated rings. The van der Waals surface area contributed by atoms with E-state index in [2.05, 4.69) is 9.97 Å². The van der Waals surface area contributed by atoms with E-state index in [0.717, 1.165) is 11.6 Å². The molecule has 0 radical (unpaired) electrons. The molecule has 0 saturated carbocycles. The first-order valence-electron chi connectivity index (χ1n) is 4.58. The molecule has 2 aromatic heterocycles. The number of nitrogens with two attached hydrogens (primary N) is 1. The summed E-state index contributed by atoms with van der Waals surface area (Å²) in [6, 6.07) is 0. The average Bonchev–Trinajstić information content (AvgIpc) is 2.80. The van der Waals surface area contributed by atoms with Crippen molar-refractivity contribution in [2.75, 3.05) is 0 Å². The van der Waals surface area contributed by atoms with Gasteiger partial charge < -0.3 is 14.9 Å².